The number of hydrogen-bond donors (Lipinski definition) is 0. The first-order valence-electron chi connectivity index (χ1n) is 12.4. The molecule has 190 valence electrons. The van der Waals surface area contributed by atoms with Gasteiger partial charge in [0.05, 0.1) is 18.6 Å². The van der Waals surface area contributed by atoms with E-state index in [1.54, 1.807) is 7.11 Å². The van der Waals surface area contributed by atoms with E-state index in [1.165, 1.54) is 5.56 Å². The van der Waals surface area contributed by atoms with Gasteiger partial charge in [-0.05, 0) is 83.0 Å². The minimum absolute atomic E-state index is 0.259. The largest absolute Gasteiger partial charge is 0.497 e. The summed E-state index contributed by atoms with van der Waals surface area (Å²) in [5, 5.41) is 0.699. The molecule has 4 aromatic rings. The van der Waals surface area contributed by atoms with Crippen molar-refractivity contribution in [3.63, 3.8) is 0 Å². The summed E-state index contributed by atoms with van der Waals surface area (Å²) in [4.78, 5) is 0. The number of rotatable bonds is 7. The van der Waals surface area contributed by atoms with E-state index in [4.69, 9.17) is 21.1 Å². The van der Waals surface area contributed by atoms with Crippen molar-refractivity contribution in [2.75, 3.05) is 18.6 Å². The zero-order chi connectivity index (χ0) is 25.8. The van der Waals surface area contributed by atoms with E-state index in [9.17, 15) is 8.42 Å². The maximum Gasteiger partial charge on any atom is 0.150 e. The topological polar surface area (TPSA) is 52.6 Å². The van der Waals surface area contributed by atoms with Crippen LogP contribution < -0.4 is 9.47 Å². The first-order valence-corrected chi connectivity index (χ1v) is 14.6. The summed E-state index contributed by atoms with van der Waals surface area (Å²) < 4.78 is 35.5. The van der Waals surface area contributed by atoms with E-state index in [0.29, 0.717) is 24.5 Å². The molecule has 0 amide bonds. The zero-order valence-electron chi connectivity index (χ0n) is 20.7. The Hall–Kier alpha value is -3.28. The molecule has 0 saturated carbocycles. The van der Waals surface area contributed by atoms with Crippen molar-refractivity contribution in [1.29, 1.82) is 0 Å². The second-order valence-corrected chi connectivity index (χ2v) is 12.1. The Morgan fingerprint density at radius 3 is 2.11 bits per heavy atom. The lowest BCUT2D eigenvalue weighted by Crippen LogP contribution is -2.22. The molecule has 37 heavy (non-hydrogen) atoms. The summed E-state index contributed by atoms with van der Waals surface area (Å²) in [6.07, 6.45) is 1.36. The molecule has 0 spiro atoms. The normalized spacial score (nSPS) is 15.3. The molecule has 1 heterocycles. The molecule has 1 saturated heterocycles. The summed E-state index contributed by atoms with van der Waals surface area (Å²) in [7, 11) is -1.24. The second kappa shape index (κ2) is 11.0. The van der Waals surface area contributed by atoms with Crippen LogP contribution in [0.1, 0.15) is 29.9 Å². The fourth-order valence-corrected chi connectivity index (χ4v) is 6.55. The summed E-state index contributed by atoms with van der Waals surface area (Å²) in [5.74, 6) is 2.34. The van der Waals surface area contributed by atoms with E-state index in [-0.39, 0.29) is 17.4 Å². The predicted octanol–water partition coefficient (Wildman–Crippen LogP) is 7.55. The smallest absolute Gasteiger partial charge is 0.150 e. The summed E-state index contributed by atoms with van der Waals surface area (Å²) in [6.45, 7) is 0.391. The van der Waals surface area contributed by atoms with E-state index < -0.39 is 9.84 Å². The fourth-order valence-electron chi connectivity index (χ4n) is 4.94. The van der Waals surface area contributed by atoms with Crippen molar-refractivity contribution in [2.24, 2.45) is 0 Å². The lowest BCUT2D eigenvalue weighted by molar-refractivity contribution is 0.306. The van der Waals surface area contributed by atoms with Crippen LogP contribution in [0.15, 0.2) is 91.0 Å². The second-order valence-electron chi connectivity index (χ2n) is 9.36. The average molecular weight is 533 g/mol. The van der Waals surface area contributed by atoms with Crippen molar-refractivity contribution < 1.29 is 17.9 Å². The highest BCUT2D eigenvalue weighted by Crippen LogP contribution is 2.36. The Bertz CT molecular complexity index is 1460. The third-order valence-electron chi connectivity index (χ3n) is 6.98. The highest BCUT2D eigenvalue weighted by atomic mass is 35.5. The first kappa shape index (κ1) is 25.4. The Morgan fingerprint density at radius 2 is 1.41 bits per heavy atom. The molecular weight excluding hydrogens is 504 g/mol. The number of benzene rings is 4. The number of halogens is 1. The standard InChI is InChI=1S/C31H29ClO4S/c1-35-28-14-15-29(22-6-10-26(32)11-7-22)25(20-28)21-36-27-12-8-23(9-13-27)30-4-2-3-5-31(30)24-16-18-37(33,34)19-17-24/h2-15,20,24H,16-19,21H2,1H3. The predicted molar refractivity (Wildman–Crippen MR) is 150 cm³/mol. The highest BCUT2D eigenvalue weighted by molar-refractivity contribution is 7.91. The molecule has 4 aromatic carbocycles. The van der Waals surface area contributed by atoms with Crippen molar-refractivity contribution in [2.45, 2.75) is 25.4 Å². The van der Waals surface area contributed by atoms with Gasteiger partial charge in [-0.2, -0.15) is 0 Å². The lowest BCUT2D eigenvalue weighted by Gasteiger charge is -2.24. The number of methoxy groups -OCH3 is 1. The maximum absolute atomic E-state index is 11.9. The van der Waals surface area contributed by atoms with Crippen LogP contribution >= 0.6 is 11.6 Å². The van der Waals surface area contributed by atoms with Crippen LogP contribution in [0.2, 0.25) is 5.02 Å². The van der Waals surface area contributed by atoms with Crippen LogP contribution in [-0.2, 0) is 16.4 Å². The van der Waals surface area contributed by atoms with Crippen LogP contribution in [0.4, 0.5) is 0 Å². The molecule has 0 bridgehead atoms. The molecule has 4 nitrogen and oxygen atoms in total. The number of sulfone groups is 1. The molecule has 1 aliphatic rings. The van der Waals surface area contributed by atoms with Gasteiger partial charge >= 0.3 is 0 Å². The molecular formula is C31H29ClO4S. The molecule has 0 aliphatic carbocycles. The van der Waals surface area contributed by atoms with Gasteiger partial charge in [0.25, 0.3) is 0 Å². The third-order valence-corrected chi connectivity index (χ3v) is 8.95. The molecule has 0 aromatic heterocycles. The summed E-state index contributed by atoms with van der Waals surface area (Å²) >= 11 is 6.08. The third kappa shape index (κ3) is 6.00. The maximum atomic E-state index is 11.9. The van der Waals surface area contributed by atoms with E-state index in [1.807, 2.05) is 66.7 Å². The zero-order valence-corrected chi connectivity index (χ0v) is 22.3. The number of hydrogen-bond acceptors (Lipinski definition) is 4. The Morgan fingerprint density at radius 1 is 0.784 bits per heavy atom. The van der Waals surface area contributed by atoms with Crippen molar-refractivity contribution in [3.05, 3.63) is 107 Å². The lowest BCUT2D eigenvalue weighted by atomic mass is 9.87. The van der Waals surface area contributed by atoms with Gasteiger partial charge in [0.15, 0.2) is 0 Å². The van der Waals surface area contributed by atoms with Crippen molar-refractivity contribution >= 4 is 21.4 Å². The molecule has 0 N–H and O–H groups in total. The highest BCUT2D eigenvalue weighted by Gasteiger charge is 2.26. The molecule has 0 radical (unpaired) electrons. The molecule has 1 aliphatic heterocycles. The van der Waals surface area contributed by atoms with Gasteiger partial charge in [-0.1, -0.05) is 66.2 Å². The van der Waals surface area contributed by atoms with Gasteiger partial charge in [0.1, 0.15) is 27.9 Å². The van der Waals surface area contributed by atoms with E-state index in [2.05, 4.69) is 24.3 Å². The van der Waals surface area contributed by atoms with Crippen LogP contribution in [0, 0.1) is 0 Å². The van der Waals surface area contributed by atoms with E-state index >= 15 is 0 Å². The van der Waals surface area contributed by atoms with Gasteiger partial charge in [-0.25, -0.2) is 8.42 Å². The minimum atomic E-state index is -2.89. The van der Waals surface area contributed by atoms with Crippen LogP contribution in [0.3, 0.4) is 0 Å². The Balaban J connectivity index is 1.34. The van der Waals surface area contributed by atoms with Crippen molar-refractivity contribution in [1.82, 2.24) is 0 Å². The van der Waals surface area contributed by atoms with E-state index in [0.717, 1.165) is 39.3 Å². The Labute approximate surface area is 223 Å². The van der Waals surface area contributed by atoms with Gasteiger partial charge in [-0.15, -0.1) is 0 Å². The summed E-state index contributed by atoms with van der Waals surface area (Å²) in [5.41, 5.74) is 6.61. The summed E-state index contributed by atoms with van der Waals surface area (Å²) in [6, 6.07) is 30.2. The van der Waals surface area contributed by atoms with Crippen LogP contribution in [0.5, 0.6) is 11.5 Å². The fraction of sp³-hybridized carbons (Fsp3) is 0.226. The Kier molecular flexibility index (Phi) is 7.54. The van der Waals surface area contributed by atoms with Gasteiger partial charge in [0, 0.05) is 10.6 Å². The van der Waals surface area contributed by atoms with Gasteiger partial charge in [0.2, 0.25) is 0 Å². The van der Waals surface area contributed by atoms with Crippen LogP contribution in [0.25, 0.3) is 22.3 Å². The molecule has 0 unspecified atom stereocenters. The number of ether oxygens (including phenoxy) is 2. The molecule has 5 rings (SSSR count). The molecule has 1 fully saturated rings. The SMILES string of the molecule is COc1ccc(-c2ccc(Cl)cc2)c(COc2ccc(-c3ccccc3C3CCS(=O)(=O)CC3)cc2)c1. The molecule has 6 heteroatoms. The average Bonchev–Trinajstić information content (AvgIpc) is 2.93. The monoisotopic (exact) mass is 532 g/mol. The van der Waals surface area contributed by atoms with Gasteiger partial charge < -0.3 is 9.47 Å². The minimum Gasteiger partial charge on any atom is -0.497 e. The molecule has 0 atom stereocenters. The van der Waals surface area contributed by atoms with Gasteiger partial charge in [-0.3, -0.25) is 0 Å². The van der Waals surface area contributed by atoms with Crippen molar-refractivity contribution in [3.8, 4) is 33.8 Å². The quantitative estimate of drug-likeness (QED) is 0.246. The first-order chi connectivity index (χ1) is 17.9. The van der Waals surface area contributed by atoms with Crippen LogP contribution in [-0.4, -0.2) is 27.0 Å².